The van der Waals surface area contributed by atoms with Crippen molar-refractivity contribution in [1.29, 1.82) is 0 Å². The lowest BCUT2D eigenvalue weighted by atomic mass is 10.1. The molecule has 0 spiro atoms. The maximum atomic E-state index is 11.8. The van der Waals surface area contributed by atoms with E-state index in [2.05, 4.69) is 10.6 Å². The summed E-state index contributed by atoms with van der Waals surface area (Å²) >= 11 is 0. The maximum Gasteiger partial charge on any atom is 0.225 e. The number of amides is 1. The van der Waals surface area contributed by atoms with E-state index in [4.69, 9.17) is 0 Å². The Morgan fingerprint density at radius 2 is 2.26 bits per heavy atom. The Bertz CT molecular complexity index is 563. The predicted molar refractivity (Wildman–Crippen MR) is 73.8 cm³/mol. The largest absolute Gasteiger partial charge is 0.326 e. The SMILES string of the molecule is CS(=O)(=O)c1cccc(NC(=O)CC2CCCN2)c1. The molecule has 0 aromatic heterocycles. The van der Waals surface area contributed by atoms with Gasteiger partial charge in [-0.05, 0) is 37.6 Å². The highest BCUT2D eigenvalue weighted by Crippen LogP contribution is 2.16. The number of carbonyl (C=O) groups is 1. The van der Waals surface area contributed by atoms with Crippen LogP contribution < -0.4 is 10.6 Å². The molecule has 0 aliphatic carbocycles. The molecule has 104 valence electrons. The molecule has 1 amide bonds. The molecule has 5 nitrogen and oxygen atoms in total. The summed E-state index contributed by atoms with van der Waals surface area (Å²) in [5, 5.41) is 5.99. The second kappa shape index (κ2) is 5.71. The standard InChI is InChI=1S/C13H18N2O3S/c1-19(17,18)12-6-2-4-11(8-12)15-13(16)9-10-5-3-7-14-10/h2,4,6,8,10,14H,3,5,7,9H2,1H3,(H,15,16). The molecule has 1 atom stereocenters. The molecule has 1 aliphatic heterocycles. The Kier molecular flexibility index (Phi) is 4.21. The summed E-state index contributed by atoms with van der Waals surface area (Å²) in [6.07, 6.45) is 3.68. The van der Waals surface area contributed by atoms with Crippen molar-refractivity contribution in [3.8, 4) is 0 Å². The van der Waals surface area contributed by atoms with E-state index in [1.165, 1.54) is 12.1 Å². The molecule has 19 heavy (non-hydrogen) atoms. The highest BCUT2D eigenvalue weighted by Gasteiger charge is 2.17. The van der Waals surface area contributed by atoms with E-state index in [0.717, 1.165) is 25.6 Å². The number of anilines is 1. The van der Waals surface area contributed by atoms with Crippen LogP contribution in [0.4, 0.5) is 5.69 Å². The van der Waals surface area contributed by atoms with Crippen molar-refractivity contribution < 1.29 is 13.2 Å². The molecule has 0 radical (unpaired) electrons. The van der Waals surface area contributed by atoms with Crippen LogP contribution >= 0.6 is 0 Å². The molecule has 1 unspecified atom stereocenters. The van der Waals surface area contributed by atoms with Gasteiger partial charge < -0.3 is 10.6 Å². The summed E-state index contributed by atoms with van der Waals surface area (Å²) < 4.78 is 22.9. The van der Waals surface area contributed by atoms with E-state index in [1.807, 2.05) is 0 Å². The number of rotatable bonds is 4. The van der Waals surface area contributed by atoms with Crippen molar-refractivity contribution >= 4 is 21.4 Å². The van der Waals surface area contributed by atoms with Crippen LogP contribution in [-0.4, -0.2) is 33.2 Å². The molecule has 1 saturated heterocycles. The van der Waals surface area contributed by atoms with Gasteiger partial charge in [-0.1, -0.05) is 6.07 Å². The normalized spacial score (nSPS) is 19.3. The van der Waals surface area contributed by atoms with E-state index < -0.39 is 9.84 Å². The van der Waals surface area contributed by atoms with Crippen LogP contribution in [0, 0.1) is 0 Å². The maximum absolute atomic E-state index is 11.8. The van der Waals surface area contributed by atoms with E-state index in [9.17, 15) is 13.2 Å². The lowest BCUT2D eigenvalue weighted by Gasteiger charge is -2.11. The number of sulfone groups is 1. The highest BCUT2D eigenvalue weighted by atomic mass is 32.2. The van der Waals surface area contributed by atoms with Crippen molar-refractivity contribution in [3.63, 3.8) is 0 Å². The average molecular weight is 282 g/mol. The lowest BCUT2D eigenvalue weighted by Crippen LogP contribution is -2.27. The van der Waals surface area contributed by atoms with Crippen LogP contribution in [0.1, 0.15) is 19.3 Å². The monoisotopic (exact) mass is 282 g/mol. The molecule has 1 aromatic rings. The van der Waals surface area contributed by atoms with Gasteiger partial charge in [-0.3, -0.25) is 4.79 Å². The molecule has 1 fully saturated rings. The van der Waals surface area contributed by atoms with Crippen LogP contribution in [0.15, 0.2) is 29.2 Å². The van der Waals surface area contributed by atoms with Crippen molar-refractivity contribution in [2.75, 3.05) is 18.1 Å². The van der Waals surface area contributed by atoms with E-state index in [0.29, 0.717) is 12.1 Å². The third-order valence-corrected chi connectivity index (χ3v) is 4.25. The minimum Gasteiger partial charge on any atom is -0.326 e. The molecule has 6 heteroatoms. The highest BCUT2D eigenvalue weighted by molar-refractivity contribution is 7.90. The number of hydrogen-bond donors (Lipinski definition) is 2. The first-order valence-corrected chi connectivity index (χ1v) is 8.17. The fraction of sp³-hybridized carbons (Fsp3) is 0.462. The molecule has 1 aliphatic rings. The Balaban J connectivity index is 2.00. The fourth-order valence-corrected chi connectivity index (χ4v) is 2.84. The Morgan fingerprint density at radius 3 is 2.89 bits per heavy atom. The zero-order chi connectivity index (χ0) is 13.9. The second-order valence-corrected chi connectivity index (χ2v) is 6.86. The van der Waals surface area contributed by atoms with Crippen molar-refractivity contribution in [2.45, 2.75) is 30.2 Å². The van der Waals surface area contributed by atoms with Crippen LogP contribution in [-0.2, 0) is 14.6 Å². The molecule has 0 bridgehead atoms. The number of benzene rings is 1. The van der Waals surface area contributed by atoms with Crippen molar-refractivity contribution in [1.82, 2.24) is 5.32 Å². The van der Waals surface area contributed by atoms with Gasteiger partial charge in [0.25, 0.3) is 0 Å². The Labute approximate surface area is 113 Å². The summed E-state index contributed by atoms with van der Waals surface area (Å²) in [7, 11) is -3.25. The number of nitrogens with one attached hydrogen (secondary N) is 2. The molecule has 0 saturated carbocycles. The molecule has 2 N–H and O–H groups in total. The van der Waals surface area contributed by atoms with Crippen LogP contribution in [0.2, 0.25) is 0 Å². The first kappa shape index (κ1) is 14.0. The zero-order valence-electron chi connectivity index (χ0n) is 10.8. The van der Waals surface area contributed by atoms with Gasteiger partial charge in [0.15, 0.2) is 9.84 Å². The van der Waals surface area contributed by atoms with Gasteiger partial charge in [-0.2, -0.15) is 0 Å². The van der Waals surface area contributed by atoms with Gasteiger partial charge in [-0.15, -0.1) is 0 Å². The fourth-order valence-electron chi connectivity index (χ4n) is 2.17. The van der Waals surface area contributed by atoms with Gasteiger partial charge >= 0.3 is 0 Å². The zero-order valence-corrected chi connectivity index (χ0v) is 11.7. The van der Waals surface area contributed by atoms with Gasteiger partial charge in [-0.25, -0.2) is 8.42 Å². The summed E-state index contributed by atoms with van der Waals surface area (Å²) in [4.78, 5) is 12.0. The summed E-state index contributed by atoms with van der Waals surface area (Å²) in [6.45, 7) is 0.960. The minimum atomic E-state index is -3.25. The van der Waals surface area contributed by atoms with Crippen LogP contribution in [0.3, 0.4) is 0 Å². The van der Waals surface area contributed by atoms with E-state index in [1.54, 1.807) is 12.1 Å². The smallest absolute Gasteiger partial charge is 0.225 e. The van der Waals surface area contributed by atoms with E-state index in [-0.39, 0.29) is 16.8 Å². The summed E-state index contributed by atoms with van der Waals surface area (Å²) in [5.41, 5.74) is 0.519. The van der Waals surface area contributed by atoms with Crippen molar-refractivity contribution in [3.05, 3.63) is 24.3 Å². The Morgan fingerprint density at radius 1 is 1.47 bits per heavy atom. The third kappa shape index (κ3) is 4.04. The minimum absolute atomic E-state index is 0.0925. The molecule has 1 heterocycles. The molecular weight excluding hydrogens is 264 g/mol. The molecule has 2 rings (SSSR count). The molecular formula is C13H18N2O3S. The van der Waals surface area contributed by atoms with Gasteiger partial charge in [0, 0.05) is 24.4 Å². The topological polar surface area (TPSA) is 75.3 Å². The van der Waals surface area contributed by atoms with Gasteiger partial charge in [0.1, 0.15) is 0 Å². The Hall–Kier alpha value is -1.40. The number of carbonyl (C=O) groups excluding carboxylic acids is 1. The quantitative estimate of drug-likeness (QED) is 0.869. The summed E-state index contributed by atoms with van der Waals surface area (Å²) in [6, 6.07) is 6.55. The summed E-state index contributed by atoms with van der Waals surface area (Å²) in [5.74, 6) is -0.0925. The van der Waals surface area contributed by atoms with Crippen molar-refractivity contribution in [2.24, 2.45) is 0 Å². The number of hydrogen-bond acceptors (Lipinski definition) is 4. The van der Waals surface area contributed by atoms with Crippen LogP contribution in [0.5, 0.6) is 0 Å². The average Bonchev–Trinajstić information content (AvgIpc) is 2.80. The first-order valence-electron chi connectivity index (χ1n) is 6.28. The second-order valence-electron chi connectivity index (χ2n) is 4.85. The predicted octanol–water partition coefficient (Wildman–Crippen LogP) is 1.17. The lowest BCUT2D eigenvalue weighted by molar-refractivity contribution is -0.116. The van der Waals surface area contributed by atoms with E-state index >= 15 is 0 Å². The first-order chi connectivity index (χ1) is 8.95. The van der Waals surface area contributed by atoms with Gasteiger partial charge in [0.05, 0.1) is 4.90 Å². The molecule has 1 aromatic carbocycles. The van der Waals surface area contributed by atoms with Crippen LogP contribution in [0.25, 0.3) is 0 Å². The third-order valence-electron chi connectivity index (χ3n) is 3.14. The van der Waals surface area contributed by atoms with Gasteiger partial charge in [0.2, 0.25) is 5.91 Å².